The van der Waals surface area contributed by atoms with Crippen molar-refractivity contribution in [1.82, 2.24) is 5.32 Å². The molecule has 0 fully saturated rings. The molecule has 3 N–H and O–H groups in total. The maximum Gasteiger partial charge on any atom is 0.255 e. The number of nitrogens with one attached hydrogen (secondary N) is 1. The molecular formula is C14H16N2O2. The molecule has 0 bridgehead atoms. The lowest BCUT2D eigenvalue weighted by Crippen LogP contribution is -2.23. The fraction of sp³-hybridized carbons (Fsp3) is 0.214. The van der Waals surface area contributed by atoms with Gasteiger partial charge in [-0.3, -0.25) is 4.79 Å². The van der Waals surface area contributed by atoms with E-state index in [4.69, 9.17) is 10.2 Å². The van der Waals surface area contributed by atoms with Crippen molar-refractivity contribution in [3.8, 4) is 0 Å². The van der Waals surface area contributed by atoms with Gasteiger partial charge in [0.05, 0.1) is 11.8 Å². The van der Waals surface area contributed by atoms with Crippen LogP contribution >= 0.6 is 0 Å². The van der Waals surface area contributed by atoms with Gasteiger partial charge in [-0.1, -0.05) is 19.1 Å². The summed E-state index contributed by atoms with van der Waals surface area (Å²) in [4.78, 5) is 11.9. The van der Waals surface area contributed by atoms with E-state index in [1.54, 1.807) is 6.07 Å². The van der Waals surface area contributed by atoms with Crippen LogP contribution in [0.25, 0.3) is 0 Å². The highest BCUT2D eigenvalue weighted by Crippen LogP contribution is 2.11. The van der Waals surface area contributed by atoms with Gasteiger partial charge in [-0.05, 0) is 23.8 Å². The Hall–Kier alpha value is -2.23. The molecule has 1 amide bonds. The predicted octanol–water partition coefficient (Wildman–Crippen LogP) is 2.35. The van der Waals surface area contributed by atoms with Crippen molar-refractivity contribution in [2.45, 2.75) is 19.9 Å². The highest BCUT2D eigenvalue weighted by Gasteiger charge is 2.12. The average molecular weight is 244 g/mol. The predicted molar refractivity (Wildman–Crippen MR) is 70.1 cm³/mol. The first-order chi connectivity index (χ1) is 8.70. The van der Waals surface area contributed by atoms with Crippen LogP contribution in [0.1, 0.15) is 28.6 Å². The Morgan fingerprint density at radius 3 is 2.94 bits per heavy atom. The van der Waals surface area contributed by atoms with E-state index in [0.717, 1.165) is 5.56 Å². The quantitative estimate of drug-likeness (QED) is 0.811. The Labute approximate surface area is 106 Å². The number of benzene rings is 1. The summed E-state index contributed by atoms with van der Waals surface area (Å²) in [5.74, 6) is 0.586. The minimum absolute atomic E-state index is 0.122. The van der Waals surface area contributed by atoms with Gasteiger partial charge in [0.2, 0.25) is 0 Å². The number of rotatable bonds is 4. The molecule has 18 heavy (non-hydrogen) atoms. The third kappa shape index (κ3) is 2.71. The number of nitrogen functional groups attached to an aromatic ring is 1. The summed E-state index contributed by atoms with van der Waals surface area (Å²) in [6, 6.07) is 9.14. The summed E-state index contributed by atoms with van der Waals surface area (Å²) < 4.78 is 5.23. The second-order valence-corrected chi connectivity index (χ2v) is 4.04. The highest BCUT2D eigenvalue weighted by molar-refractivity contribution is 5.95. The van der Waals surface area contributed by atoms with Gasteiger partial charge in [-0.15, -0.1) is 0 Å². The SMILES string of the molecule is CCc1occc1C(=O)NCc1cccc(N)c1. The first-order valence-electron chi connectivity index (χ1n) is 5.89. The molecule has 0 unspecified atom stereocenters. The van der Waals surface area contributed by atoms with Crippen LogP contribution in [0.4, 0.5) is 5.69 Å². The lowest BCUT2D eigenvalue weighted by Gasteiger charge is -2.05. The molecule has 1 heterocycles. The fourth-order valence-electron chi connectivity index (χ4n) is 1.80. The van der Waals surface area contributed by atoms with E-state index >= 15 is 0 Å². The van der Waals surface area contributed by atoms with E-state index in [9.17, 15) is 4.79 Å². The Morgan fingerprint density at radius 2 is 2.22 bits per heavy atom. The largest absolute Gasteiger partial charge is 0.469 e. The zero-order valence-electron chi connectivity index (χ0n) is 10.3. The molecule has 2 rings (SSSR count). The van der Waals surface area contributed by atoms with Crippen LogP contribution in [0.2, 0.25) is 0 Å². The van der Waals surface area contributed by atoms with Gasteiger partial charge in [0.15, 0.2) is 0 Å². The van der Waals surface area contributed by atoms with Crippen LogP contribution in [-0.4, -0.2) is 5.91 Å². The smallest absolute Gasteiger partial charge is 0.255 e. The summed E-state index contributed by atoms with van der Waals surface area (Å²) in [6.07, 6.45) is 2.24. The molecule has 2 aromatic rings. The van der Waals surface area contributed by atoms with E-state index in [-0.39, 0.29) is 5.91 Å². The highest BCUT2D eigenvalue weighted by atomic mass is 16.3. The first kappa shape index (κ1) is 12.2. The molecule has 0 saturated heterocycles. The number of hydrogen-bond donors (Lipinski definition) is 2. The molecule has 0 atom stereocenters. The standard InChI is InChI=1S/C14H16N2O2/c1-2-13-12(6-7-18-13)14(17)16-9-10-4-3-5-11(15)8-10/h3-8H,2,9,15H2,1H3,(H,16,17). The normalized spacial score (nSPS) is 10.3. The topological polar surface area (TPSA) is 68.3 Å². The van der Waals surface area contributed by atoms with E-state index in [1.165, 1.54) is 6.26 Å². The van der Waals surface area contributed by atoms with Gasteiger partial charge >= 0.3 is 0 Å². The average Bonchev–Trinajstić information content (AvgIpc) is 2.84. The Balaban J connectivity index is 2.00. The molecule has 4 heteroatoms. The summed E-state index contributed by atoms with van der Waals surface area (Å²) in [7, 11) is 0. The van der Waals surface area contributed by atoms with Gasteiger partial charge < -0.3 is 15.5 Å². The van der Waals surface area contributed by atoms with Crippen LogP contribution in [0, 0.1) is 0 Å². The van der Waals surface area contributed by atoms with Crippen LogP contribution in [-0.2, 0) is 13.0 Å². The number of amides is 1. The number of carbonyl (C=O) groups is 1. The molecule has 0 radical (unpaired) electrons. The third-order valence-corrected chi connectivity index (χ3v) is 2.72. The number of nitrogens with two attached hydrogens (primary N) is 1. The number of anilines is 1. The Morgan fingerprint density at radius 1 is 1.39 bits per heavy atom. The van der Waals surface area contributed by atoms with E-state index < -0.39 is 0 Å². The van der Waals surface area contributed by atoms with E-state index in [1.807, 2.05) is 31.2 Å². The minimum atomic E-state index is -0.122. The Bertz CT molecular complexity index is 546. The molecule has 0 aliphatic heterocycles. The van der Waals surface area contributed by atoms with Crippen molar-refractivity contribution < 1.29 is 9.21 Å². The summed E-state index contributed by atoms with van der Waals surface area (Å²) in [5, 5.41) is 2.85. The molecular weight excluding hydrogens is 228 g/mol. The molecule has 0 aliphatic rings. The molecule has 4 nitrogen and oxygen atoms in total. The van der Waals surface area contributed by atoms with Crippen LogP contribution < -0.4 is 11.1 Å². The number of aryl methyl sites for hydroxylation is 1. The van der Waals surface area contributed by atoms with Crippen molar-refractivity contribution in [3.05, 3.63) is 53.5 Å². The van der Waals surface area contributed by atoms with Gasteiger partial charge in [0.1, 0.15) is 5.76 Å². The van der Waals surface area contributed by atoms with Crippen molar-refractivity contribution in [3.63, 3.8) is 0 Å². The Kier molecular flexibility index (Phi) is 3.67. The molecule has 0 spiro atoms. The molecule has 1 aromatic heterocycles. The first-order valence-corrected chi connectivity index (χ1v) is 5.89. The van der Waals surface area contributed by atoms with Crippen molar-refractivity contribution >= 4 is 11.6 Å². The van der Waals surface area contributed by atoms with Crippen LogP contribution in [0.3, 0.4) is 0 Å². The monoisotopic (exact) mass is 244 g/mol. The summed E-state index contributed by atoms with van der Waals surface area (Å²) >= 11 is 0. The van der Waals surface area contributed by atoms with Crippen molar-refractivity contribution in [2.24, 2.45) is 0 Å². The summed E-state index contributed by atoms with van der Waals surface area (Å²) in [6.45, 7) is 2.41. The third-order valence-electron chi connectivity index (χ3n) is 2.72. The number of hydrogen-bond acceptors (Lipinski definition) is 3. The fourth-order valence-corrected chi connectivity index (χ4v) is 1.80. The number of carbonyl (C=O) groups excluding carboxylic acids is 1. The number of furan rings is 1. The molecule has 94 valence electrons. The molecule has 0 aliphatic carbocycles. The van der Waals surface area contributed by atoms with Crippen molar-refractivity contribution in [2.75, 3.05) is 5.73 Å². The minimum Gasteiger partial charge on any atom is -0.469 e. The van der Waals surface area contributed by atoms with Gasteiger partial charge in [-0.25, -0.2) is 0 Å². The van der Waals surface area contributed by atoms with E-state index in [0.29, 0.717) is 30.0 Å². The summed E-state index contributed by atoms with van der Waals surface area (Å²) in [5.41, 5.74) is 7.95. The van der Waals surface area contributed by atoms with Crippen molar-refractivity contribution in [1.29, 1.82) is 0 Å². The second kappa shape index (κ2) is 5.40. The maximum atomic E-state index is 11.9. The van der Waals surface area contributed by atoms with Gasteiger partial charge in [0.25, 0.3) is 5.91 Å². The lowest BCUT2D eigenvalue weighted by molar-refractivity contribution is 0.0949. The van der Waals surface area contributed by atoms with Gasteiger partial charge in [0, 0.05) is 18.7 Å². The van der Waals surface area contributed by atoms with Crippen LogP contribution in [0.5, 0.6) is 0 Å². The van der Waals surface area contributed by atoms with Gasteiger partial charge in [-0.2, -0.15) is 0 Å². The molecule has 1 aromatic carbocycles. The lowest BCUT2D eigenvalue weighted by atomic mass is 10.1. The molecule has 0 saturated carbocycles. The zero-order chi connectivity index (χ0) is 13.0. The maximum absolute atomic E-state index is 11.9. The van der Waals surface area contributed by atoms with E-state index in [2.05, 4.69) is 5.32 Å². The van der Waals surface area contributed by atoms with Crippen LogP contribution in [0.15, 0.2) is 41.0 Å². The zero-order valence-corrected chi connectivity index (χ0v) is 10.3. The second-order valence-electron chi connectivity index (χ2n) is 4.04.